The van der Waals surface area contributed by atoms with Crippen molar-refractivity contribution in [3.8, 4) is 0 Å². The second-order valence-corrected chi connectivity index (χ2v) is 5.83. The number of benzene rings is 3. The minimum Gasteiger partial charge on any atom is -0.452 e. The molecule has 140 valence electrons. The van der Waals surface area contributed by atoms with Crippen molar-refractivity contribution in [1.82, 2.24) is 0 Å². The molecule has 0 unspecified atom stereocenters. The van der Waals surface area contributed by atoms with Crippen molar-refractivity contribution in [3.63, 3.8) is 0 Å². The van der Waals surface area contributed by atoms with Gasteiger partial charge in [0.2, 0.25) is 0 Å². The van der Waals surface area contributed by atoms with Gasteiger partial charge in [-0.3, -0.25) is 14.9 Å². The van der Waals surface area contributed by atoms with Gasteiger partial charge in [-0.2, -0.15) is 0 Å². The van der Waals surface area contributed by atoms with Gasteiger partial charge >= 0.3 is 5.97 Å². The second kappa shape index (κ2) is 8.59. The monoisotopic (exact) mass is 376 g/mol. The minimum absolute atomic E-state index is 0.125. The van der Waals surface area contributed by atoms with E-state index in [2.05, 4.69) is 5.32 Å². The first-order valence-corrected chi connectivity index (χ1v) is 8.40. The quantitative estimate of drug-likeness (QED) is 0.304. The number of para-hydroxylation sites is 1. The van der Waals surface area contributed by atoms with Gasteiger partial charge in [0.15, 0.2) is 6.61 Å². The summed E-state index contributed by atoms with van der Waals surface area (Å²) < 4.78 is 4.90. The lowest BCUT2D eigenvalue weighted by molar-refractivity contribution is -0.385. The lowest BCUT2D eigenvalue weighted by Crippen LogP contribution is -2.20. The molecule has 0 atom stereocenters. The number of esters is 1. The van der Waals surface area contributed by atoms with Crippen molar-refractivity contribution in [1.29, 1.82) is 0 Å². The summed E-state index contributed by atoms with van der Waals surface area (Å²) >= 11 is 0. The Balaban J connectivity index is 1.59. The Labute approximate surface area is 160 Å². The number of ether oxygens (including phenoxy) is 1. The van der Waals surface area contributed by atoms with Gasteiger partial charge in [-0.05, 0) is 23.6 Å². The van der Waals surface area contributed by atoms with Crippen LogP contribution >= 0.6 is 0 Å². The van der Waals surface area contributed by atoms with Crippen LogP contribution in [0.1, 0.15) is 5.56 Å². The highest BCUT2D eigenvalue weighted by molar-refractivity contribution is 6.03. The van der Waals surface area contributed by atoms with Gasteiger partial charge < -0.3 is 10.1 Å². The van der Waals surface area contributed by atoms with Crippen LogP contribution in [-0.2, 0) is 14.3 Å². The molecule has 0 aromatic heterocycles. The maximum Gasteiger partial charge on any atom is 0.331 e. The number of carbonyl (C=O) groups is 2. The van der Waals surface area contributed by atoms with E-state index < -0.39 is 23.4 Å². The SMILES string of the molecule is O=C(COC(=O)/C=C/c1ccccc1[N+](=O)[O-])Nc1cccc2ccccc12. The Morgan fingerprint density at radius 2 is 1.71 bits per heavy atom. The molecule has 0 radical (unpaired) electrons. The number of nitrogens with one attached hydrogen (secondary N) is 1. The molecule has 0 fully saturated rings. The maximum atomic E-state index is 12.1. The Morgan fingerprint density at radius 3 is 2.54 bits per heavy atom. The fourth-order valence-electron chi connectivity index (χ4n) is 2.66. The molecule has 0 aliphatic heterocycles. The molecule has 1 amide bonds. The molecule has 28 heavy (non-hydrogen) atoms. The molecule has 0 aliphatic carbocycles. The van der Waals surface area contributed by atoms with Crippen molar-refractivity contribution in [2.75, 3.05) is 11.9 Å². The fourth-order valence-corrected chi connectivity index (χ4v) is 2.66. The Kier molecular flexibility index (Phi) is 5.76. The first kappa shape index (κ1) is 18.8. The highest BCUT2D eigenvalue weighted by Gasteiger charge is 2.11. The summed E-state index contributed by atoms with van der Waals surface area (Å²) in [5.41, 5.74) is 0.763. The predicted molar refractivity (Wildman–Crippen MR) is 106 cm³/mol. The highest BCUT2D eigenvalue weighted by Crippen LogP contribution is 2.23. The van der Waals surface area contributed by atoms with Crippen LogP contribution in [-0.4, -0.2) is 23.4 Å². The summed E-state index contributed by atoms with van der Waals surface area (Å²) in [6, 6.07) is 19.1. The Bertz CT molecular complexity index is 1070. The molecule has 0 spiro atoms. The van der Waals surface area contributed by atoms with E-state index in [1.807, 2.05) is 36.4 Å². The number of anilines is 1. The number of fused-ring (bicyclic) bond motifs is 1. The predicted octanol–water partition coefficient (Wildman–Crippen LogP) is 3.94. The van der Waals surface area contributed by atoms with Crippen molar-refractivity contribution >= 4 is 40.1 Å². The number of nitro groups is 1. The van der Waals surface area contributed by atoms with Crippen molar-refractivity contribution in [2.45, 2.75) is 0 Å². The summed E-state index contributed by atoms with van der Waals surface area (Å²) in [6.45, 7) is -0.469. The molecular formula is C21H16N2O5. The number of hydrogen-bond acceptors (Lipinski definition) is 5. The smallest absolute Gasteiger partial charge is 0.331 e. The van der Waals surface area contributed by atoms with E-state index in [0.29, 0.717) is 5.69 Å². The average molecular weight is 376 g/mol. The van der Waals surface area contributed by atoms with Gasteiger partial charge in [-0.25, -0.2) is 4.79 Å². The normalized spacial score (nSPS) is 10.7. The average Bonchev–Trinajstić information content (AvgIpc) is 2.71. The molecule has 7 nitrogen and oxygen atoms in total. The van der Waals surface area contributed by atoms with Crippen LogP contribution < -0.4 is 5.32 Å². The largest absolute Gasteiger partial charge is 0.452 e. The second-order valence-electron chi connectivity index (χ2n) is 5.83. The van der Waals surface area contributed by atoms with Gasteiger partial charge in [0.25, 0.3) is 11.6 Å². The number of nitrogens with zero attached hydrogens (tertiary/aromatic N) is 1. The van der Waals surface area contributed by atoms with Gasteiger partial charge in [0.05, 0.1) is 10.5 Å². The standard InChI is InChI=1S/C21H16N2O5/c24-20(22-18-10-5-8-15-6-1-3-9-17(15)18)14-28-21(25)13-12-16-7-2-4-11-19(16)23(26)27/h1-13H,14H2,(H,22,24)/b13-12+. The molecule has 0 heterocycles. The van der Waals surface area contributed by atoms with Gasteiger partial charge in [-0.1, -0.05) is 48.5 Å². The van der Waals surface area contributed by atoms with Crippen LogP contribution in [0.2, 0.25) is 0 Å². The zero-order valence-corrected chi connectivity index (χ0v) is 14.7. The van der Waals surface area contributed by atoms with Gasteiger partial charge in [0.1, 0.15) is 0 Å². The van der Waals surface area contributed by atoms with Gasteiger partial charge in [0, 0.05) is 23.2 Å². The molecule has 0 saturated heterocycles. The lowest BCUT2D eigenvalue weighted by Gasteiger charge is -2.08. The van der Waals surface area contributed by atoms with Crippen LogP contribution in [0.5, 0.6) is 0 Å². The third kappa shape index (κ3) is 4.59. The van der Waals surface area contributed by atoms with E-state index in [4.69, 9.17) is 4.74 Å². The Hall–Kier alpha value is -4.00. The van der Waals surface area contributed by atoms with E-state index in [-0.39, 0.29) is 11.3 Å². The summed E-state index contributed by atoms with van der Waals surface area (Å²) in [5, 5.41) is 15.5. The van der Waals surface area contributed by atoms with Gasteiger partial charge in [-0.15, -0.1) is 0 Å². The summed E-state index contributed by atoms with van der Waals surface area (Å²) in [7, 11) is 0. The topological polar surface area (TPSA) is 98.5 Å². The lowest BCUT2D eigenvalue weighted by atomic mass is 10.1. The van der Waals surface area contributed by atoms with Crippen LogP contribution in [0.15, 0.2) is 72.8 Å². The molecule has 1 N–H and O–H groups in total. The van der Waals surface area contributed by atoms with Crippen LogP contribution in [0.25, 0.3) is 16.8 Å². The molecule has 3 aromatic carbocycles. The fraction of sp³-hybridized carbons (Fsp3) is 0.0476. The zero-order valence-electron chi connectivity index (χ0n) is 14.7. The van der Waals surface area contributed by atoms with Crippen LogP contribution in [0.4, 0.5) is 11.4 Å². The first-order valence-electron chi connectivity index (χ1n) is 8.40. The third-order valence-corrected chi connectivity index (χ3v) is 3.94. The van der Waals surface area contributed by atoms with Crippen molar-refractivity contribution in [2.24, 2.45) is 0 Å². The highest BCUT2D eigenvalue weighted by atomic mass is 16.6. The van der Waals surface area contributed by atoms with Crippen LogP contribution in [0.3, 0.4) is 0 Å². The van der Waals surface area contributed by atoms with E-state index >= 15 is 0 Å². The first-order chi connectivity index (χ1) is 13.5. The Morgan fingerprint density at radius 1 is 1.00 bits per heavy atom. The van der Waals surface area contributed by atoms with E-state index in [1.54, 1.807) is 12.1 Å². The molecule has 3 aromatic rings. The number of hydrogen-bond donors (Lipinski definition) is 1. The van der Waals surface area contributed by atoms with Crippen molar-refractivity contribution < 1.29 is 19.2 Å². The molecule has 0 aliphatic rings. The zero-order chi connectivity index (χ0) is 19.9. The number of rotatable bonds is 6. The van der Waals surface area contributed by atoms with Crippen molar-refractivity contribution in [3.05, 3.63) is 88.5 Å². The summed E-state index contributed by atoms with van der Waals surface area (Å²) in [4.78, 5) is 34.3. The number of carbonyl (C=O) groups excluding carboxylic acids is 2. The third-order valence-electron chi connectivity index (χ3n) is 3.94. The van der Waals surface area contributed by atoms with E-state index in [9.17, 15) is 19.7 Å². The van der Waals surface area contributed by atoms with E-state index in [0.717, 1.165) is 16.8 Å². The molecule has 3 rings (SSSR count). The van der Waals surface area contributed by atoms with E-state index in [1.165, 1.54) is 24.3 Å². The molecule has 0 saturated carbocycles. The molecular weight excluding hydrogens is 360 g/mol. The minimum atomic E-state index is -0.772. The number of nitro benzene ring substituents is 1. The maximum absolute atomic E-state index is 12.1. The van der Waals surface area contributed by atoms with Crippen LogP contribution in [0, 0.1) is 10.1 Å². The number of amides is 1. The molecule has 7 heteroatoms. The molecule has 0 bridgehead atoms. The summed E-state index contributed by atoms with van der Waals surface area (Å²) in [6.07, 6.45) is 2.33. The summed E-state index contributed by atoms with van der Waals surface area (Å²) in [5.74, 6) is -1.25.